The second kappa shape index (κ2) is 7.82. The largest absolute Gasteiger partial charge is 0.325 e. The molecule has 0 heterocycles. The molecule has 1 amide bonds. The van der Waals surface area contributed by atoms with Crippen molar-refractivity contribution in [3.05, 3.63) is 59.7 Å². The maximum atomic E-state index is 14.0. The van der Waals surface area contributed by atoms with E-state index in [9.17, 15) is 22.0 Å². The van der Waals surface area contributed by atoms with Crippen LogP contribution in [0.1, 0.15) is 25.3 Å². The van der Waals surface area contributed by atoms with Crippen LogP contribution in [0.4, 0.5) is 20.2 Å². The summed E-state index contributed by atoms with van der Waals surface area (Å²) >= 11 is 0. The van der Waals surface area contributed by atoms with Crippen LogP contribution in [0.5, 0.6) is 0 Å². The third kappa shape index (κ3) is 4.78. The highest BCUT2D eigenvalue weighted by molar-refractivity contribution is 7.92. The fourth-order valence-electron chi connectivity index (χ4n) is 2.37. The van der Waals surface area contributed by atoms with Gasteiger partial charge in [-0.15, -0.1) is 0 Å². The molecule has 26 heavy (non-hydrogen) atoms. The van der Waals surface area contributed by atoms with Gasteiger partial charge in [0, 0.05) is 5.69 Å². The first-order valence-electron chi connectivity index (χ1n) is 7.91. The van der Waals surface area contributed by atoms with Gasteiger partial charge in [-0.05, 0) is 35.7 Å². The van der Waals surface area contributed by atoms with Crippen LogP contribution in [0.15, 0.2) is 42.5 Å². The van der Waals surface area contributed by atoms with Crippen LogP contribution in [0.3, 0.4) is 0 Å². The number of anilines is 2. The molecule has 8 heteroatoms. The monoisotopic (exact) mass is 382 g/mol. The Balaban J connectivity index is 2.23. The second-order valence-corrected chi connectivity index (χ2v) is 8.07. The van der Waals surface area contributed by atoms with Crippen LogP contribution in [0, 0.1) is 11.6 Å². The summed E-state index contributed by atoms with van der Waals surface area (Å²) in [6.07, 6.45) is 0.781. The highest BCUT2D eigenvalue weighted by Crippen LogP contribution is 2.25. The lowest BCUT2D eigenvalue weighted by molar-refractivity contribution is -0.114. The standard InChI is InChI=1S/C18H20F2N2O3S/c1-12(2)13-7-9-14(10-8-13)21-17(23)11-22(26(3,24)25)18-15(19)5-4-6-16(18)20/h4-10,12H,11H2,1-3H3,(H,21,23). The fourth-order valence-corrected chi connectivity index (χ4v) is 3.23. The van der Waals surface area contributed by atoms with Crippen molar-refractivity contribution in [2.45, 2.75) is 19.8 Å². The van der Waals surface area contributed by atoms with Crippen molar-refractivity contribution in [2.24, 2.45) is 0 Å². The molecular weight excluding hydrogens is 362 g/mol. The molecular formula is C18H20F2N2O3S. The van der Waals surface area contributed by atoms with Gasteiger partial charge in [-0.3, -0.25) is 9.10 Å². The lowest BCUT2D eigenvalue weighted by Crippen LogP contribution is -2.38. The van der Waals surface area contributed by atoms with E-state index in [1.165, 1.54) is 0 Å². The zero-order valence-electron chi connectivity index (χ0n) is 14.7. The Kier molecular flexibility index (Phi) is 5.97. The predicted molar refractivity (Wildman–Crippen MR) is 97.7 cm³/mol. The van der Waals surface area contributed by atoms with E-state index in [1.807, 2.05) is 26.0 Å². The topological polar surface area (TPSA) is 66.5 Å². The highest BCUT2D eigenvalue weighted by Gasteiger charge is 2.26. The van der Waals surface area contributed by atoms with Gasteiger partial charge in [0.1, 0.15) is 12.2 Å². The second-order valence-electron chi connectivity index (χ2n) is 6.16. The number of sulfonamides is 1. The zero-order valence-corrected chi connectivity index (χ0v) is 15.5. The Morgan fingerprint density at radius 3 is 2.08 bits per heavy atom. The van der Waals surface area contributed by atoms with Crippen molar-refractivity contribution in [3.8, 4) is 0 Å². The third-order valence-electron chi connectivity index (χ3n) is 3.74. The molecule has 0 aliphatic rings. The lowest BCUT2D eigenvalue weighted by atomic mass is 10.0. The number of carbonyl (C=O) groups is 1. The summed E-state index contributed by atoms with van der Waals surface area (Å²) in [6.45, 7) is 3.31. The van der Waals surface area contributed by atoms with Crippen molar-refractivity contribution >= 4 is 27.3 Å². The average molecular weight is 382 g/mol. The molecule has 0 saturated heterocycles. The van der Waals surface area contributed by atoms with E-state index in [1.54, 1.807) is 12.1 Å². The molecule has 0 atom stereocenters. The molecule has 0 saturated carbocycles. The maximum Gasteiger partial charge on any atom is 0.245 e. The van der Waals surface area contributed by atoms with Crippen LogP contribution in [0.25, 0.3) is 0 Å². The van der Waals surface area contributed by atoms with Crippen LogP contribution >= 0.6 is 0 Å². The summed E-state index contributed by atoms with van der Waals surface area (Å²) in [7, 11) is -4.08. The zero-order chi connectivity index (χ0) is 19.5. The predicted octanol–water partition coefficient (Wildman–Crippen LogP) is 3.49. The molecule has 2 aromatic rings. The fraction of sp³-hybridized carbons (Fsp3) is 0.278. The number of rotatable bonds is 6. The van der Waals surface area contributed by atoms with Gasteiger partial charge in [0.15, 0.2) is 11.6 Å². The highest BCUT2D eigenvalue weighted by atomic mass is 32.2. The SMILES string of the molecule is CC(C)c1ccc(NC(=O)CN(c2c(F)cccc2F)S(C)(=O)=O)cc1. The Hall–Kier alpha value is -2.48. The third-order valence-corrected chi connectivity index (χ3v) is 4.85. The van der Waals surface area contributed by atoms with Gasteiger partial charge in [0.25, 0.3) is 0 Å². The Morgan fingerprint density at radius 1 is 1.08 bits per heavy atom. The van der Waals surface area contributed by atoms with Gasteiger partial charge in [0.05, 0.1) is 6.26 Å². The summed E-state index contributed by atoms with van der Waals surface area (Å²) in [4.78, 5) is 12.2. The van der Waals surface area contributed by atoms with Gasteiger partial charge in [-0.1, -0.05) is 32.0 Å². The maximum absolute atomic E-state index is 14.0. The molecule has 0 spiro atoms. The van der Waals surface area contributed by atoms with Crippen molar-refractivity contribution in [1.82, 2.24) is 0 Å². The summed E-state index contributed by atoms with van der Waals surface area (Å²) in [5.74, 6) is -2.52. The van der Waals surface area contributed by atoms with Crippen LogP contribution in [-0.4, -0.2) is 27.1 Å². The lowest BCUT2D eigenvalue weighted by Gasteiger charge is -2.22. The molecule has 140 valence electrons. The van der Waals surface area contributed by atoms with E-state index in [0.29, 0.717) is 15.9 Å². The Morgan fingerprint density at radius 2 is 1.62 bits per heavy atom. The molecule has 5 nitrogen and oxygen atoms in total. The van der Waals surface area contributed by atoms with E-state index in [4.69, 9.17) is 0 Å². The number of halogens is 2. The van der Waals surface area contributed by atoms with E-state index < -0.39 is 39.8 Å². The number of para-hydroxylation sites is 1. The summed E-state index contributed by atoms with van der Waals surface area (Å²) in [5.41, 5.74) is 0.761. The number of hydrogen-bond acceptors (Lipinski definition) is 3. The molecule has 0 fully saturated rings. The minimum Gasteiger partial charge on any atom is -0.325 e. The van der Waals surface area contributed by atoms with Crippen molar-refractivity contribution < 1.29 is 22.0 Å². The van der Waals surface area contributed by atoms with E-state index in [2.05, 4.69) is 5.32 Å². The number of hydrogen-bond donors (Lipinski definition) is 1. The summed E-state index contributed by atoms with van der Waals surface area (Å²) in [5, 5.41) is 2.53. The van der Waals surface area contributed by atoms with Gasteiger partial charge in [0.2, 0.25) is 15.9 Å². The smallest absolute Gasteiger partial charge is 0.245 e. The molecule has 2 rings (SSSR count). The van der Waals surface area contributed by atoms with Crippen molar-refractivity contribution in [2.75, 3.05) is 22.4 Å². The first-order chi connectivity index (χ1) is 12.1. The van der Waals surface area contributed by atoms with Gasteiger partial charge in [-0.2, -0.15) is 0 Å². The van der Waals surface area contributed by atoms with Gasteiger partial charge >= 0.3 is 0 Å². The molecule has 0 bridgehead atoms. The Labute approximate surface area is 151 Å². The van der Waals surface area contributed by atoms with Gasteiger partial charge in [-0.25, -0.2) is 17.2 Å². The molecule has 0 radical (unpaired) electrons. The number of nitrogens with one attached hydrogen (secondary N) is 1. The minimum absolute atomic E-state index is 0.324. The summed E-state index contributed by atoms with van der Waals surface area (Å²) < 4.78 is 52.2. The first kappa shape index (κ1) is 19.8. The normalized spacial score (nSPS) is 11.5. The first-order valence-corrected chi connectivity index (χ1v) is 9.76. The number of benzene rings is 2. The van der Waals surface area contributed by atoms with E-state index in [-0.39, 0.29) is 0 Å². The number of amides is 1. The minimum atomic E-state index is -4.08. The average Bonchev–Trinajstić information content (AvgIpc) is 2.53. The van der Waals surface area contributed by atoms with Crippen LogP contribution in [0.2, 0.25) is 0 Å². The molecule has 1 N–H and O–H groups in total. The van der Waals surface area contributed by atoms with E-state index in [0.717, 1.165) is 30.0 Å². The molecule has 0 aliphatic carbocycles. The van der Waals surface area contributed by atoms with Crippen molar-refractivity contribution in [3.63, 3.8) is 0 Å². The number of nitrogens with zero attached hydrogens (tertiary/aromatic N) is 1. The summed E-state index contributed by atoms with van der Waals surface area (Å²) in [6, 6.07) is 10.0. The van der Waals surface area contributed by atoms with Crippen molar-refractivity contribution in [1.29, 1.82) is 0 Å². The quantitative estimate of drug-likeness (QED) is 0.832. The molecule has 0 aliphatic heterocycles. The number of carbonyl (C=O) groups excluding carboxylic acids is 1. The van der Waals surface area contributed by atoms with Gasteiger partial charge < -0.3 is 5.32 Å². The van der Waals surface area contributed by atoms with Crippen LogP contribution in [-0.2, 0) is 14.8 Å². The Bertz CT molecular complexity index is 877. The molecule has 2 aromatic carbocycles. The van der Waals surface area contributed by atoms with E-state index >= 15 is 0 Å². The van der Waals surface area contributed by atoms with Crippen LogP contribution < -0.4 is 9.62 Å². The molecule has 0 unspecified atom stereocenters. The molecule has 0 aromatic heterocycles.